The predicted octanol–water partition coefficient (Wildman–Crippen LogP) is 5.21. The number of carbonyl (C=O) groups is 2. The summed E-state index contributed by atoms with van der Waals surface area (Å²) in [4.78, 5) is 27.0. The van der Waals surface area contributed by atoms with E-state index in [1.165, 1.54) is 11.2 Å². The maximum Gasteiger partial charge on any atom is 0.261 e. The second-order valence-electron chi connectivity index (χ2n) is 7.34. The number of amides is 2. The molecule has 0 radical (unpaired) electrons. The first-order valence-electron chi connectivity index (χ1n) is 10.00. The summed E-state index contributed by atoms with van der Waals surface area (Å²) in [7, 11) is 0. The lowest BCUT2D eigenvalue weighted by atomic mass is 10.0. The van der Waals surface area contributed by atoms with Crippen molar-refractivity contribution >= 4 is 33.4 Å². The number of nitrogens with zero attached hydrogens (tertiary/aromatic N) is 1. The highest BCUT2D eigenvalue weighted by atomic mass is 79.9. The number of ether oxygens (including phenoxy) is 1. The van der Waals surface area contributed by atoms with Crippen LogP contribution in [0.5, 0.6) is 5.75 Å². The molecule has 0 saturated heterocycles. The van der Waals surface area contributed by atoms with Crippen molar-refractivity contribution in [3.63, 3.8) is 0 Å². The minimum Gasteiger partial charge on any atom is -0.483 e. The molecular weight excluding hydrogens is 460 g/mol. The van der Waals surface area contributed by atoms with E-state index in [4.69, 9.17) is 9.15 Å². The quantitative estimate of drug-likeness (QED) is 0.452. The summed E-state index contributed by atoms with van der Waals surface area (Å²) < 4.78 is 12.0. The van der Waals surface area contributed by atoms with E-state index in [1.54, 1.807) is 18.2 Å². The molecule has 3 rings (SSSR count). The first kappa shape index (κ1) is 22.6. The van der Waals surface area contributed by atoms with Gasteiger partial charge in [-0.15, -0.1) is 0 Å². The third-order valence-electron chi connectivity index (χ3n) is 4.65. The van der Waals surface area contributed by atoms with Gasteiger partial charge in [-0.1, -0.05) is 44.2 Å². The fourth-order valence-electron chi connectivity index (χ4n) is 3.07. The van der Waals surface area contributed by atoms with E-state index in [0.29, 0.717) is 17.2 Å². The van der Waals surface area contributed by atoms with Crippen molar-refractivity contribution < 1.29 is 18.7 Å². The third kappa shape index (κ3) is 6.46. The van der Waals surface area contributed by atoms with Crippen molar-refractivity contribution in [2.75, 3.05) is 18.5 Å². The van der Waals surface area contributed by atoms with E-state index in [0.717, 1.165) is 10.0 Å². The second-order valence-corrected chi connectivity index (χ2v) is 8.19. The summed E-state index contributed by atoms with van der Waals surface area (Å²) in [5.74, 6) is 0.901. The predicted molar refractivity (Wildman–Crippen MR) is 123 cm³/mol. The Morgan fingerprint density at radius 2 is 1.81 bits per heavy atom. The van der Waals surface area contributed by atoms with Crippen LogP contribution in [0.4, 0.5) is 5.69 Å². The number of para-hydroxylation sites is 2. The number of hydrogen-bond donors (Lipinski definition) is 1. The molecule has 162 valence electrons. The zero-order valence-electron chi connectivity index (χ0n) is 17.5. The van der Waals surface area contributed by atoms with Crippen LogP contribution < -0.4 is 10.1 Å². The molecule has 6 nitrogen and oxygen atoms in total. The number of rotatable bonds is 9. The van der Waals surface area contributed by atoms with Gasteiger partial charge >= 0.3 is 0 Å². The molecule has 0 unspecified atom stereocenters. The molecule has 2 amide bonds. The van der Waals surface area contributed by atoms with Gasteiger partial charge < -0.3 is 19.4 Å². The number of benzene rings is 2. The molecule has 0 aliphatic rings. The average molecular weight is 485 g/mol. The molecule has 7 heteroatoms. The molecule has 31 heavy (non-hydrogen) atoms. The number of anilines is 1. The Bertz CT molecular complexity index is 1020. The zero-order chi connectivity index (χ0) is 22.2. The molecule has 0 spiro atoms. The van der Waals surface area contributed by atoms with Gasteiger partial charge in [0.2, 0.25) is 5.91 Å². The maximum atomic E-state index is 12.9. The lowest BCUT2D eigenvalue weighted by Gasteiger charge is -2.22. The van der Waals surface area contributed by atoms with Crippen LogP contribution in [0.1, 0.15) is 31.1 Å². The maximum absolute atomic E-state index is 12.9. The summed E-state index contributed by atoms with van der Waals surface area (Å²) in [5.41, 5.74) is 1.67. The van der Waals surface area contributed by atoms with Crippen molar-refractivity contribution in [1.82, 2.24) is 4.90 Å². The van der Waals surface area contributed by atoms with E-state index in [2.05, 4.69) is 35.1 Å². The monoisotopic (exact) mass is 484 g/mol. The van der Waals surface area contributed by atoms with Gasteiger partial charge in [0.1, 0.15) is 18.1 Å². The van der Waals surface area contributed by atoms with Crippen LogP contribution in [0.2, 0.25) is 0 Å². The Morgan fingerprint density at radius 3 is 2.52 bits per heavy atom. The van der Waals surface area contributed by atoms with Crippen molar-refractivity contribution in [3.8, 4) is 5.75 Å². The number of nitrogens with one attached hydrogen (secondary N) is 1. The SMILES string of the molecule is CC(C)c1ccccc1OCC(=O)N(CC(=O)Nc1ccccc1Br)Cc1ccco1. The van der Waals surface area contributed by atoms with Gasteiger partial charge in [0.05, 0.1) is 18.5 Å². The van der Waals surface area contributed by atoms with Crippen LogP contribution in [0.3, 0.4) is 0 Å². The summed E-state index contributed by atoms with van der Waals surface area (Å²) in [6, 6.07) is 18.5. The molecule has 1 aromatic heterocycles. The minimum atomic E-state index is -0.311. The lowest BCUT2D eigenvalue weighted by molar-refractivity contribution is -0.137. The fraction of sp³-hybridized carbons (Fsp3) is 0.250. The second kappa shape index (κ2) is 10.8. The van der Waals surface area contributed by atoms with Crippen LogP contribution in [0.25, 0.3) is 0 Å². The van der Waals surface area contributed by atoms with E-state index < -0.39 is 0 Å². The normalized spacial score (nSPS) is 10.7. The summed E-state index contributed by atoms with van der Waals surface area (Å²) in [6.45, 7) is 4.01. The first-order chi connectivity index (χ1) is 14.9. The Labute approximate surface area is 190 Å². The molecule has 0 fully saturated rings. The number of furan rings is 1. The molecule has 0 atom stereocenters. The first-order valence-corrected chi connectivity index (χ1v) is 10.8. The van der Waals surface area contributed by atoms with Gasteiger partial charge in [-0.05, 0) is 57.7 Å². The highest BCUT2D eigenvalue weighted by Crippen LogP contribution is 2.26. The van der Waals surface area contributed by atoms with Gasteiger partial charge in [0.25, 0.3) is 5.91 Å². The zero-order valence-corrected chi connectivity index (χ0v) is 19.1. The topological polar surface area (TPSA) is 71.8 Å². The number of halogens is 1. The number of carbonyl (C=O) groups excluding carboxylic acids is 2. The summed E-state index contributed by atoms with van der Waals surface area (Å²) in [6.07, 6.45) is 1.54. The standard InChI is InChI=1S/C24H25BrN2O4/c1-17(2)19-9-3-6-12-22(19)31-16-24(29)27(14-18-8-7-13-30-18)15-23(28)26-21-11-5-4-10-20(21)25/h3-13,17H,14-16H2,1-2H3,(H,26,28). The molecule has 0 saturated carbocycles. The minimum absolute atomic E-state index is 0.129. The lowest BCUT2D eigenvalue weighted by Crippen LogP contribution is -2.40. The highest BCUT2D eigenvalue weighted by Gasteiger charge is 2.20. The van der Waals surface area contributed by atoms with Crippen molar-refractivity contribution in [2.24, 2.45) is 0 Å². The van der Waals surface area contributed by atoms with Crippen LogP contribution in [-0.2, 0) is 16.1 Å². The Kier molecular flexibility index (Phi) is 7.89. The van der Waals surface area contributed by atoms with Gasteiger partial charge in [-0.2, -0.15) is 0 Å². The highest BCUT2D eigenvalue weighted by molar-refractivity contribution is 9.10. The van der Waals surface area contributed by atoms with Crippen LogP contribution in [-0.4, -0.2) is 29.9 Å². The Balaban J connectivity index is 1.68. The van der Waals surface area contributed by atoms with E-state index in [-0.39, 0.29) is 37.4 Å². The molecule has 3 aromatic rings. The largest absolute Gasteiger partial charge is 0.483 e. The summed E-state index contributed by atoms with van der Waals surface area (Å²) in [5, 5.41) is 2.82. The van der Waals surface area contributed by atoms with Gasteiger partial charge in [-0.3, -0.25) is 9.59 Å². The molecular formula is C24H25BrN2O4. The fourth-order valence-corrected chi connectivity index (χ4v) is 3.45. The average Bonchev–Trinajstić information content (AvgIpc) is 3.26. The van der Waals surface area contributed by atoms with E-state index in [9.17, 15) is 9.59 Å². The van der Waals surface area contributed by atoms with Crippen LogP contribution >= 0.6 is 15.9 Å². The van der Waals surface area contributed by atoms with Gasteiger partial charge in [0.15, 0.2) is 6.61 Å². The molecule has 1 N–H and O–H groups in total. The smallest absolute Gasteiger partial charge is 0.261 e. The molecule has 2 aromatic carbocycles. The third-order valence-corrected chi connectivity index (χ3v) is 5.35. The van der Waals surface area contributed by atoms with Crippen molar-refractivity contribution in [3.05, 3.63) is 82.7 Å². The van der Waals surface area contributed by atoms with Crippen molar-refractivity contribution in [2.45, 2.75) is 26.3 Å². The molecule has 0 aliphatic heterocycles. The van der Waals surface area contributed by atoms with E-state index in [1.807, 2.05) is 42.5 Å². The van der Waals surface area contributed by atoms with Crippen LogP contribution in [0.15, 0.2) is 75.8 Å². The van der Waals surface area contributed by atoms with Crippen LogP contribution in [0, 0.1) is 0 Å². The number of hydrogen-bond acceptors (Lipinski definition) is 4. The van der Waals surface area contributed by atoms with Crippen molar-refractivity contribution in [1.29, 1.82) is 0 Å². The van der Waals surface area contributed by atoms with Gasteiger partial charge in [0, 0.05) is 4.47 Å². The van der Waals surface area contributed by atoms with E-state index >= 15 is 0 Å². The Morgan fingerprint density at radius 1 is 1.06 bits per heavy atom. The Hall–Kier alpha value is -3.06. The molecule has 0 bridgehead atoms. The van der Waals surface area contributed by atoms with Gasteiger partial charge in [-0.25, -0.2) is 0 Å². The molecule has 0 aliphatic carbocycles. The molecule has 1 heterocycles. The summed E-state index contributed by atoms with van der Waals surface area (Å²) >= 11 is 3.41.